The Labute approximate surface area is 144 Å². The SMILES string of the molecule is CC(C)(C)[Si](C)(C)Oc1cc(CI)c2ccc(F)c(F)c2n1. The van der Waals surface area contributed by atoms with Crippen molar-refractivity contribution < 1.29 is 13.2 Å². The van der Waals surface area contributed by atoms with Crippen LogP contribution in [0.1, 0.15) is 26.3 Å². The van der Waals surface area contributed by atoms with Crippen LogP contribution in [0.25, 0.3) is 10.9 Å². The molecular weight excluding hydrogens is 415 g/mol. The number of aromatic nitrogens is 1. The highest BCUT2D eigenvalue weighted by Crippen LogP contribution is 2.38. The first-order valence-electron chi connectivity index (χ1n) is 7.09. The Morgan fingerprint density at radius 1 is 1.23 bits per heavy atom. The minimum atomic E-state index is -2.08. The molecule has 1 heterocycles. The van der Waals surface area contributed by atoms with Crippen LogP contribution in [0.3, 0.4) is 0 Å². The van der Waals surface area contributed by atoms with Crippen LogP contribution >= 0.6 is 22.6 Å². The van der Waals surface area contributed by atoms with Gasteiger partial charge < -0.3 is 4.43 Å². The quantitative estimate of drug-likeness (QED) is 0.344. The second-order valence-electron chi connectivity index (χ2n) is 6.87. The van der Waals surface area contributed by atoms with E-state index in [9.17, 15) is 8.78 Å². The Kier molecular flexibility index (Phi) is 4.82. The standard InChI is InChI=1S/C16H20F2INOSi/c1-16(2,3)22(4,5)21-13-8-10(9-19)11-6-7-12(17)14(18)15(11)20-13/h6-8H,9H2,1-5H3. The van der Waals surface area contributed by atoms with E-state index in [-0.39, 0.29) is 10.6 Å². The number of hydrogen-bond donors (Lipinski definition) is 0. The molecule has 0 saturated heterocycles. The zero-order valence-corrected chi connectivity index (χ0v) is 16.6. The third kappa shape index (κ3) is 3.27. The van der Waals surface area contributed by atoms with E-state index in [4.69, 9.17) is 4.43 Å². The summed E-state index contributed by atoms with van der Waals surface area (Å²) in [6.45, 7) is 10.6. The van der Waals surface area contributed by atoms with Gasteiger partial charge in [0, 0.05) is 15.9 Å². The van der Waals surface area contributed by atoms with Crippen LogP contribution in [0.5, 0.6) is 5.88 Å². The van der Waals surface area contributed by atoms with Crippen molar-refractivity contribution in [2.24, 2.45) is 0 Å². The minimum absolute atomic E-state index is 0.00854. The minimum Gasteiger partial charge on any atom is -0.531 e. The molecule has 0 amide bonds. The number of pyridine rings is 1. The van der Waals surface area contributed by atoms with Crippen molar-refractivity contribution >= 4 is 41.8 Å². The summed E-state index contributed by atoms with van der Waals surface area (Å²) >= 11 is 2.20. The molecule has 0 unspecified atom stereocenters. The van der Waals surface area contributed by atoms with Crippen molar-refractivity contribution in [2.75, 3.05) is 0 Å². The van der Waals surface area contributed by atoms with Gasteiger partial charge in [0.15, 0.2) is 11.6 Å². The molecule has 0 saturated carbocycles. The monoisotopic (exact) mass is 435 g/mol. The van der Waals surface area contributed by atoms with Gasteiger partial charge in [-0.3, -0.25) is 0 Å². The molecule has 0 N–H and O–H groups in total. The van der Waals surface area contributed by atoms with Gasteiger partial charge in [-0.25, -0.2) is 13.8 Å². The highest BCUT2D eigenvalue weighted by Gasteiger charge is 2.39. The zero-order chi connectivity index (χ0) is 16.7. The van der Waals surface area contributed by atoms with E-state index < -0.39 is 20.0 Å². The summed E-state index contributed by atoms with van der Waals surface area (Å²) in [7, 11) is -2.08. The predicted octanol–water partition coefficient (Wildman–Crippen LogP) is 5.83. The molecule has 2 rings (SSSR count). The van der Waals surface area contributed by atoms with Crippen LogP contribution < -0.4 is 4.43 Å². The lowest BCUT2D eigenvalue weighted by Gasteiger charge is -2.36. The second kappa shape index (κ2) is 6.03. The summed E-state index contributed by atoms with van der Waals surface area (Å²) < 4.78 is 34.4. The topological polar surface area (TPSA) is 22.1 Å². The number of benzene rings is 1. The highest BCUT2D eigenvalue weighted by atomic mass is 127. The molecule has 0 fully saturated rings. The van der Waals surface area contributed by atoms with Crippen LogP contribution in [0.2, 0.25) is 18.1 Å². The van der Waals surface area contributed by atoms with Crippen LogP contribution in [0, 0.1) is 11.6 Å². The van der Waals surface area contributed by atoms with Gasteiger partial charge in [0.05, 0.1) is 0 Å². The molecule has 120 valence electrons. The number of fused-ring (bicyclic) bond motifs is 1. The molecule has 0 aliphatic heterocycles. The molecule has 0 aliphatic rings. The molecule has 22 heavy (non-hydrogen) atoms. The Morgan fingerprint density at radius 2 is 1.86 bits per heavy atom. The molecule has 2 nitrogen and oxygen atoms in total. The largest absolute Gasteiger partial charge is 0.531 e. The van der Waals surface area contributed by atoms with E-state index in [1.807, 2.05) is 6.07 Å². The third-order valence-corrected chi connectivity index (χ3v) is 9.40. The van der Waals surface area contributed by atoms with Crippen molar-refractivity contribution in [1.82, 2.24) is 4.98 Å². The molecule has 0 spiro atoms. The van der Waals surface area contributed by atoms with Crippen LogP contribution in [-0.2, 0) is 4.43 Å². The summed E-state index contributed by atoms with van der Waals surface area (Å²) in [6.07, 6.45) is 0. The first-order valence-corrected chi connectivity index (χ1v) is 11.5. The molecule has 6 heteroatoms. The fourth-order valence-corrected chi connectivity index (χ4v) is 3.42. The van der Waals surface area contributed by atoms with Crippen molar-refractivity contribution in [3.8, 4) is 5.88 Å². The van der Waals surface area contributed by atoms with Gasteiger partial charge in [0.2, 0.25) is 5.88 Å². The molecule has 0 bridgehead atoms. The van der Waals surface area contributed by atoms with Crippen LogP contribution in [0.4, 0.5) is 8.78 Å². The Bertz CT molecular complexity index is 713. The normalized spacial score (nSPS) is 12.7. The lowest BCUT2D eigenvalue weighted by molar-refractivity contribution is 0.475. The summed E-state index contributed by atoms with van der Waals surface area (Å²) in [6, 6.07) is 4.56. The maximum absolute atomic E-state index is 14.1. The summed E-state index contributed by atoms with van der Waals surface area (Å²) in [5.41, 5.74) is 0.945. The zero-order valence-electron chi connectivity index (χ0n) is 13.4. The average Bonchev–Trinajstić information content (AvgIpc) is 2.41. The molecule has 0 atom stereocenters. The van der Waals surface area contributed by atoms with Crippen molar-refractivity contribution in [3.63, 3.8) is 0 Å². The fourth-order valence-electron chi connectivity index (χ4n) is 1.85. The molecule has 0 aliphatic carbocycles. The molecule has 1 aromatic carbocycles. The Balaban J connectivity index is 2.59. The summed E-state index contributed by atoms with van der Waals surface area (Å²) in [5.74, 6) is -1.41. The van der Waals surface area contributed by atoms with Crippen LogP contribution in [0.15, 0.2) is 18.2 Å². The number of rotatable bonds is 3. The van der Waals surface area contributed by atoms with E-state index in [1.165, 1.54) is 0 Å². The van der Waals surface area contributed by atoms with Gasteiger partial charge in [-0.2, -0.15) is 0 Å². The van der Waals surface area contributed by atoms with Crippen molar-refractivity contribution in [3.05, 3.63) is 35.4 Å². The first kappa shape index (κ1) is 17.6. The van der Waals surface area contributed by atoms with E-state index in [0.29, 0.717) is 15.7 Å². The van der Waals surface area contributed by atoms with Gasteiger partial charge in [0.25, 0.3) is 8.32 Å². The Morgan fingerprint density at radius 3 is 2.41 bits per heavy atom. The van der Waals surface area contributed by atoms with Crippen LogP contribution in [-0.4, -0.2) is 13.3 Å². The maximum atomic E-state index is 14.1. The lowest BCUT2D eigenvalue weighted by atomic mass is 10.1. The number of alkyl halides is 1. The summed E-state index contributed by atoms with van der Waals surface area (Å²) in [5, 5.41) is 0.644. The van der Waals surface area contributed by atoms with Gasteiger partial charge in [-0.1, -0.05) is 43.4 Å². The first-order chi connectivity index (χ1) is 10.1. The van der Waals surface area contributed by atoms with Gasteiger partial charge in [-0.15, -0.1) is 0 Å². The lowest BCUT2D eigenvalue weighted by Crippen LogP contribution is -2.44. The molecular formula is C16H20F2INOSi. The van der Waals surface area contributed by atoms with Gasteiger partial charge in [0.1, 0.15) is 5.52 Å². The smallest absolute Gasteiger partial charge is 0.252 e. The highest BCUT2D eigenvalue weighted by molar-refractivity contribution is 14.1. The summed E-state index contributed by atoms with van der Waals surface area (Å²) in [4.78, 5) is 4.24. The number of nitrogens with zero attached hydrogens (tertiary/aromatic N) is 1. The fraction of sp³-hybridized carbons (Fsp3) is 0.438. The van der Waals surface area contributed by atoms with E-state index in [0.717, 1.165) is 11.6 Å². The van der Waals surface area contributed by atoms with E-state index in [2.05, 4.69) is 61.4 Å². The average molecular weight is 435 g/mol. The molecule has 2 aromatic rings. The van der Waals surface area contributed by atoms with Gasteiger partial charge in [-0.05, 0) is 35.8 Å². The maximum Gasteiger partial charge on any atom is 0.252 e. The Hall–Kier alpha value is -0.763. The predicted molar refractivity (Wildman–Crippen MR) is 97.2 cm³/mol. The van der Waals surface area contributed by atoms with E-state index in [1.54, 1.807) is 6.07 Å². The molecule has 0 radical (unpaired) electrons. The van der Waals surface area contributed by atoms with E-state index >= 15 is 0 Å². The second-order valence-corrected chi connectivity index (χ2v) is 12.4. The van der Waals surface area contributed by atoms with Crippen molar-refractivity contribution in [1.29, 1.82) is 0 Å². The van der Waals surface area contributed by atoms with Gasteiger partial charge >= 0.3 is 0 Å². The number of hydrogen-bond acceptors (Lipinski definition) is 2. The molecule has 1 aromatic heterocycles. The van der Waals surface area contributed by atoms with Crippen molar-refractivity contribution in [2.45, 2.75) is 43.3 Å². The number of halogens is 3. The third-order valence-electron chi connectivity index (χ3n) is 4.24.